The van der Waals surface area contributed by atoms with Gasteiger partial charge in [0.2, 0.25) is 11.5 Å². The number of rotatable bonds is 9. The van der Waals surface area contributed by atoms with Crippen LogP contribution in [0.15, 0.2) is 36.1 Å². The summed E-state index contributed by atoms with van der Waals surface area (Å²) in [6, 6.07) is 6.77. The van der Waals surface area contributed by atoms with Crippen LogP contribution in [0.25, 0.3) is 11.1 Å². The van der Waals surface area contributed by atoms with Gasteiger partial charge in [0.05, 0.1) is 47.5 Å². The van der Waals surface area contributed by atoms with Crippen molar-refractivity contribution in [3.05, 3.63) is 69.5 Å². The molecular weight excluding hydrogens is 865 g/mol. The average Bonchev–Trinajstić information content (AvgIpc) is 3.09. The van der Waals surface area contributed by atoms with E-state index in [-0.39, 0.29) is 29.9 Å². The minimum atomic E-state index is -1.91. The Morgan fingerprint density at radius 1 is 0.552 bits per heavy atom. The smallest absolute Gasteiger partial charge is 0.374 e. The highest BCUT2D eigenvalue weighted by atomic mass is 16.7. The second-order valence-corrected chi connectivity index (χ2v) is 23.7. The number of fused-ring (bicyclic) bond motifs is 4. The van der Waals surface area contributed by atoms with Gasteiger partial charge in [0, 0.05) is 16.5 Å². The van der Waals surface area contributed by atoms with Crippen molar-refractivity contribution in [2.45, 2.75) is 184 Å². The summed E-state index contributed by atoms with van der Waals surface area (Å²) in [4.78, 5) is 88.0. The van der Waals surface area contributed by atoms with Gasteiger partial charge in [-0.15, -0.1) is 0 Å². The SMILES string of the molecule is CC1(C)COC2(OC1)c1ccccc1-c1c(C(=O)OC(C)(C)C)c(C(=O)OC(C)(C)C)c(C(=O)OC(C)(C)C)c(C(=O)OC(C)(C)C)c1[C@@H]2CO/C(=C\C(=O)OC(C)(C)C)C(=O)OC(C)(C)C. The first-order valence-corrected chi connectivity index (χ1v) is 22.5. The van der Waals surface area contributed by atoms with Gasteiger partial charge in [0.1, 0.15) is 40.2 Å². The predicted octanol–water partition coefficient (Wildman–Crippen LogP) is 10.1. The van der Waals surface area contributed by atoms with Gasteiger partial charge in [0.25, 0.3) is 0 Å². The van der Waals surface area contributed by atoms with E-state index in [1.165, 1.54) is 0 Å². The molecule has 0 saturated carbocycles. The van der Waals surface area contributed by atoms with Crippen molar-refractivity contribution in [3.63, 3.8) is 0 Å². The minimum Gasteiger partial charge on any atom is -0.485 e. The lowest BCUT2D eigenvalue weighted by Crippen LogP contribution is -2.52. The third-order valence-electron chi connectivity index (χ3n) is 9.35. The minimum absolute atomic E-state index is 0.0370. The Bertz CT molecular complexity index is 2300. The van der Waals surface area contributed by atoms with Crippen LogP contribution < -0.4 is 0 Å². The maximum absolute atomic E-state index is 15.3. The van der Waals surface area contributed by atoms with Crippen LogP contribution in [0.4, 0.5) is 0 Å². The average molecular weight is 937 g/mol. The van der Waals surface area contributed by atoms with Gasteiger partial charge in [-0.05, 0) is 136 Å². The molecule has 1 aliphatic heterocycles. The van der Waals surface area contributed by atoms with Crippen LogP contribution in [0.3, 0.4) is 0 Å². The molecule has 1 atom stereocenters. The summed E-state index contributed by atoms with van der Waals surface area (Å²) in [5, 5.41) is 0. The molecule has 2 aromatic carbocycles. The first-order chi connectivity index (χ1) is 30.1. The Hall–Kier alpha value is -5.28. The predicted molar refractivity (Wildman–Crippen MR) is 248 cm³/mol. The molecule has 4 rings (SSSR count). The first-order valence-electron chi connectivity index (χ1n) is 22.5. The molecular formula is C52H72O15. The van der Waals surface area contributed by atoms with Gasteiger partial charge in [-0.3, -0.25) is 0 Å². The highest BCUT2D eigenvalue weighted by molar-refractivity contribution is 6.19. The Morgan fingerprint density at radius 3 is 1.37 bits per heavy atom. The Kier molecular flexibility index (Phi) is 15.1. The van der Waals surface area contributed by atoms with Crippen LogP contribution >= 0.6 is 0 Å². The van der Waals surface area contributed by atoms with Crippen molar-refractivity contribution in [1.82, 2.24) is 0 Å². The molecule has 1 saturated heterocycles. The lowest BCUT2D eigenvalue weighted by Gasteiger charge is -2.51. The monoisotopic (exact) mass is 936 g/mol. The Balaban J connectivity index is 2.38. The highest BCUT2D eigenvalue weighted by Gasteiger charge is 2.57. The molecule has 0 bridgehead atoms. The maximum Gasteiger partial charge on any atom is 0.374 e. The van der Waals surface area contributed by atoms with Crippen molar-refractivity contribution < 1.29 is 71.4 Å². The van der Waals surface area contributed by atoms with Crippen LogP contribution in [0, 0.1) is 5.41 Å². The topological polar surface area (TPSA) is 185 Å². The van der Waals surface area contributed by atoms with Crippen molar-refractivity contribution in [2.75, 3.05) is 19.8 Å². The van der Waals surface area contributed by atoms with Gasteiger partial charge < -0.3 is 42.6 Å². The fraction of sp³-hybridized carbons (Fsp3) is 0.615. The molecule has 1 heterocycles. The summed E-state index contributed by atoms with van der Waals surface area (Å²) < 4.78 is 55.6. The van der Waals surface area contributed by atoms with Crippen LogP contribution in [-0.2, 0) is 58.0 Å². The molecule has 0 unspecified atom stereocenters. The number of carbonyl (C=O) groups is 6. The molecule has 370 valence electrons. The molecule has 2 aromatic rings. The standard InChI is InChI=1S/C52H72O15/c1-45(2,3)62-33(53)25-32(40(54)63-46(4,5)6)59-26-31-35-34(29-23-21-22-24-30(29)52(31)60-27-51(19,20)28-61-52)36(41(55)64-47(7,8)9)38(43(57)66-49(13,14)15)39(44(58)67-50(16,17)18)37(35)42(56)65-48(10,11)12/h21-25,31H,26-28H2,1-20H3/b32-25-/t31-/m0/s1. The number of ether oxygens (including phenoxy) is 9. The molecule has 2 aliphatic rings. The zero-order valence-corrected chi connectivity index (χ0v) is 43.2. The summed E-state index contributed by atoms with van der Waals surface area (Å²) in [5.74, 6) is -10.4. The number of benzene rings is 2. The quantitative estimate of drug-likeness (QED) is 0.1000. The number of esters is 6. The molecule has 1 aliphatic carbocycles. The molecule has 0 N–H and O–H groups in total. The normalized spacial score (nSPS) is 17.3. The largest absolute Gasteiger partial charge is 0.485 e. The summed E-state index contributed by atoms with van der Waals surface area (Å²) in [7, 11) is 0. The Morgan fingerprint density at radius 2 is 0.940 bits per heavy atom. The number of hydrogen-bond donors (Lipinski definition) is 0. The van der Waals surface area contributed by atoms with E-state index in [0.717, 1.165) is 6.08 Å². The maximum atomic E-state index is 15.3. The Labute approximate surface area is 395 Å². The van der Waals surface area contributed by atoms with Crippen molar-refractivity contribution in [1.29, 1.82) is 0 Å². The van der Waals surface area contributed by atoms with E-state index in [0.29, 0.717) is 5.56 Å². The third kappa shape index (κ3) is 13.9. The van der Waals surface area contributed by atoms with E-state index in [2.05, 4.69) is 0 Å². The fourth-order valence-corrected chi connectivity index (χ4v) is 7.26. The fourth-order valence-electron chi connectivity index (χ4n) is 7.26. The third-order valence-corrected chi connectivity index (χ3v) is 9.35. The molecule has 1 spiro atoms. The molecule has 1 fully saturated rings. The summed E-state index contributed by atoms with van der Waals surface area (Å²) >= 11 is 0. The molecule has 0 aromatic heterocycles. The lowest BCUT2D eigenvalue weighted by molar-refractivity contribution is -0.323. The second kappa shape index (κ2) is 18.7. The first kappa shape index (κ1) is 54.3. The van der Waals surface area contributed by atoms with E-state index in [1.807, 2.05) is 13.8 Å². The van der Waals surface area contributed by atoms with E-state index >= 15 is 14.4 Å². The van der Waals surface area contributed by atoms with Gasteiger partial charge >= 0.3 is 35.8 Å². The number of carbonyl (C=O) groups excluding carboxylic acids is 6. The molecule has 15 nitrogen and oxygen atoms in total. The van der Waals surface area contributed by atoms with Crippen LogP contribution in [0.2, 0.25) is 0 Å². The summed E-state index contributed by atoms with van der Waals surface area (Å²) in [6.45, 7) is 32.6. The second-order valence-electron chi connectivity index (χ2n) is 23.7. The zero-order valence-electron chi connectivity index (χ0n) is 43.2. The lowest BCUT2D eigenvalue weighted by atomic mass is 9.68. The van der Waals surface area contributed by atoms with Gasteiger partial charge in [-0.2, -0.15) is 0 Å². The molecule has 0 amide bonds. The van der Waals surface area contributed by atoms with Gasteiger partial charge in [-0.1, -0.05) is 38.1 Å². The molecule has 67 heavy (non-hydrogen) atoms. The molecule has 0 radical (unpaired) electrons. The zero-order chi connectivity index (χ0) is 51.3. The van der Waals surface area contributed by atoms with Crippen molar-refractivity contribution >= 4 is 35.8 Å². The van der Waals surface area contributed by atoms with Crippen molar-refractivity contribution in [3.8, 4) is 11.1 Å². The highest BCUT2D eigenvalue weighted by Crippen LogP contribution is 2.58. The van der Waals surface area contributed by atoms with Gasteiger partial charge in [-0.25, -0.2) is 28.8 Å². The summed E-state index contributed by atoms with van der Waals surface area (Å²) in [5.41, 5.74) is -9.13. The van der Waals surface area contributed by atoms with E-state index in [9.17, 15) is 14.4 Å². The summed E-state index contributed by atoms with van der Waals surface area (Å²) in [6.07, 6.45) is 0.855. The number of hydrogen-bond acceptors (Lipinski definition) is 15. The van der Waals surface area contributed by atoms with Crippen LogP contribution in [-0.4, -0.2) is 89.2 Å². The van der Waals surface area contributed by atoms with E-state index in [1.54, 1.807) is 149 Å². The van der Waals surface area contributed by atoms with Gasteiger partial charge in [0.15, 0.2) is 0 Å². The van der Waals surface area contributed by atoms with E-state index in [4.69, 9.17) is 42.6 Å². The van der Waals surface area contributed by atoms with Crippen LogP contribution in [0.1, 0.15) is 197 Å². The van der Waals surface area contributed by atoms with Crippen LogP contribution in [0.5, 0.6) is 0 Å². The van der Waals surface area contributed by atoms with Crippen molar-refractivity contribution in [2.24, 2.45) is 5.41 Å². The molecule has 15 heteroatoms. The van der Waals surface area contributed by atoms with E-state index < -0.39 is 121 Å².